The molecular weight excluding hydrogens is 430 g/mol. The number of para-hydroxylation sites is 1. The number of halogens is 1. The van der Waals surface area contributed by atoms with Crippen LogP contribution in [0.15, 0.2) is 72.2 Å². The van der Waals surface area contributed by atoms with E-state index in [1.165, 1.54) is 11.3 Å². The molecule has 2 amide bonds. The van der Waals surface area contributed by atoms with Crippen molar-refractivity contribution in [2.45, 2.75) is 18.9 Å². The Bertz CT molecular complexity index is 1170. The Kier molecular flexibility index (Phi) is 6.70. The van der Waals surface area contributed by atoms with Crippen molar-refractivity contribution < 1.29 is 9.59 Å². The van der Waals surface area contributed by atoms with Gasteiger partial charge in [0.15, 0.2) is 0 Å². The van der Waals surface area contributed by atoms with E-state index in [1.54, 1.807) is 6.07 Å². The number of hydrogen-bond acceptors (Lipinski definition) is 3. The maximum absolute atomic E-state index is 13.0. The van der Waals surface area contributed by atoms with E-state index in [4.69, 9.17) is 11.6 Å². The minimum atomic E-state index is -0.681. The maximum Gasteiger partial charge on any atom is 0.262 e. The molecule has 0 aliphatic heterocycles. The van der Waals surface area contributed by atoms with Gasteiger partial charge in [0.05, 0.1) is 4.88 Å². The quantitative estimate of drug-likeness (QED) is 0.366. The summed E-state index contributed by atoms with van der Waals surface area (Å²) in [5, 5.41) is 9.44. The second-order valence-electron chi connectivity index (χ2n) is 7.23. The fourth-order valence-corrected chi connectivity index (χ4v) is 4.22. The summed E-state index contributed by atoms with van der Waals surface area (Å²) in [6.45, 7) is 0.472. The SMILES string of the molecule is O=C(N[C@@H](Cc1c[nH]c2ccccc12)C(=O)NCCc1ccc(Cl)cc1)c1cccs1. The summed E-state index contributed by atoms with van der Waals surface area (Å²) in [5.74, 6) is -0.447. The van der Waals surface area contributed by atoms with Gasteiger partial charge >= 0.3 is 0 Å². The Morgan fingerprint density at radius 1 is 1.03 bits per heavy atom. The average molecular weight is 452 g/mol. The van der Waals surface area contributed by atoms with E-state index in [0.29, 0.717) is 29.3 Å². The zero-order chi connectivity index (χ0) is 21.6. The van der Waals surface area contributed by atoms with E-state index in [-0.39, 0.29) is 11.8 Å². The van der Waals surface area contributed by atoms with E-state index in [2.05, 4.69) is 15.6 Å². The van der Waals surface area contributed by atoms with Crippen molar-refractivity contribution in [1.82, 2.24) is 15.6 Å². The number of thiophene rings is 1. The number of fused-ring (bicyclic) bond motifs is 1. The van der Waals surface area contributed by atoms with E-state index in [9.17, 15) is 9.59 Å². The van der Waals surface area contributed by atoms with Gasteiger partial charge in [0.25, 0.3) is 5.91 Å². The molecule has 4 aromatic rings. The molecule has 31 heavy (non-hydrogen) atoms. The number of carbonyl (C=O) groups is 2. The molecule has 2 aromatic heterocycles. The predicted octanol–water partition coefficient (Wildman–Crippen LogP) is 4.58. The van der Waals surface area contributed by atoms with Crippen LogP contribution in [0, 0.1) is 0 Å². The highest BCUT2D eigenvalue weighted by molar-refractivity contribution is 7.12. The number of hydrogen-bond donors (Lipinski definition) is 3. The molecule has 0 fully saturated rings. The van der Waals surface area contributed by atoms with Gasteiger partial charge in [-0.2, -0.15) is 0 Å². The molecule has 158 valence electrons. The molecule has 2 heterocycles. The lowest BCUT2D eigenvalue weighted by molar-refractivity contribution is -0.122. The average Bonchev–Trinajstić information content (AvgIpc) is 3.45. The Morgan fingerprint density at radius 3 is 2.61 bits per heavy atom. The molecule has 7 heteroatoms. The second kappa shape index (κ2) is 9.81. The number of amides is 2. The monoisotopic (exact) mass is 451 g/mol. The molecule has 0 unspecified atom stereocenters. The van der Waals surface area contributed by atoms with E-state index in [0.717, 1.165) is 22.0 Å². The van der Waals surface area contributed by atoms with Crippen LogP contribution in [0.5, 0.6) is 0 Å². The van der Waals surface area contributed by atoms with Crippen LogP contribution >= 0.6 is 22.9 Å². The highest BCUT2D eigenvalue weighted by atomic mass is 35.5. The van der Waals surface area contributed by atoms with Crippen molar-refractivity contribution in [2.75, 3.05) is 6.54 Å². The van der Waals surface area contributed by atoms with Crippen molar-refractivity contribution in [2.24, 2.45) is 0 Å². The summed E-state index contributed by atoms with van der Waals surface area (Å²) in [4.78, 5) is 29.5. The summed E-state index contributed by atoms with van der Waals surface area (Å²) in [6, 6.07) is 18.4. The zero-order valence-corrected chi connectivity index (χ0v) is 18.3. The molecule has 0 aliphatic carbocycles. The summed E-state index contributed by atoms with van der Waals surface area (Å²) in [6.07, 6.45) is 2.98. The Morgan fingerprint density at radius 2 is 1.84 bits per heavy atom. The smallest absolute Gasteiger partial charge is 0.262 e. The lowest BCUT2D eigenvalue weighted by Gasteiger charge is -2.18. The molecule has 0 saturated carbocycles. The zero-order valence-electron chi connectivity index (χ0n) is 16.7. The van der Waals surface area contributed by atoms with Crippen LogP contribution in [-0.2, 0) is 17.6 Å². The Balaban J connectivity index is 1.46. The standard InChI is InChI=1S/C24H22ClN3O2S/c25-18-9-7-16(8-10-18)11-12-26-23(29)21(28-24(30)22-6-3-13-31-22)14-17-15-27-20-5-2-1-4-19(17)20/h1-10,13,15,21,27H,11-12,14H2,(H,26,29)(H,28,30)/t21-/m0/s1. The molecule has 3 N–H and O–H groups in total. The minimum absolute atomic E-state index is 0.204. The first-order valence-electron chi connectivity index (χ1n) is 10.0. The van der Waals surface area contributed by atoms with Gasteiger partial charge in [-0.3, -0.25) is 9.59 Å². The second-order valence-corrected chi connectivity index (χ2v) is 8.62. The lowest BCUT2D eigenvalue weighted by atomic mass is 10.0. The summed E-state index contributed by atoms with van der Waals surface area (Å²) in [7, 11) is 0. The van der Waals surface area contributed by atoms with Gasteiger partial charge in [-0.05, 0) is 47.2 Å². The number of aromatic amines is 1. The normalized spacial score (nSPS) is 11.9. The molecule has 0 aliphatic rings. The van der Waals surface area contributed by atoms with Gasteiger partial charge in [0.1, 0.15) is 6.04 Å². The third-order valence-electron chi connectivity index (χ3n) is 5.09. The maximum atomic E-state index is 13.0. The largest absolute Gasteiger partial charge is 0.361 e. The van der Waals surface area contributed by atoms with Crippen molar-refractivity contribution in [3.05, 3.63) is 93.3 Å². The van der Waals surface area contributed by atoms with E-state index < -0.39 is 6.04 Å². The third-order valence-corrected chi connectivity index (χ3v) is 6.21. The first kappa shape index (κ1) is 21.2. The van der Waals surface area contributed by atoms with Crippen LogP contribution in [0.25, 0.3) is 10.9 Å². The van der Waals surface area contributed by atoms with Gasteiger partial charge in [-0.25, -0.2) is 0 Å². The Labute approximate surface area is 189 Å². The number of benzene rings is 2. The third kappa shape index (κ3) is 5.34. The molecule has 1 atom stereocenters. The fourth-order valence-electron chi connectivity index (χ4n) is 3.47. The molecular formula is C24H22ClN3O2S. The van der Waals surface area contributed by atoms with Crippen LogP contribution in [0.1, 0.15) is 20.8 Å². The first-order chi connectivity index (χ1) is 15.1. The van der Waals surface area contributed by atoms with Crippen molar-refractivity contribution in [1.29, 1.82) is 0 Å². The van der Waals surface area contributed by atoms with Gasteiger partial charge in [-0.15, -0.1) is 11.3 Å². The minimum Gasteiger partial charge on any atom is -0.361 e. The number of rotatable bonds is 8. The van der Waals surface area contributed by atoms with Gasteiger partial charge in [-0.1, -0.05) is 48.0 Å². The van der Waals surface area contributed by atoms with Gasteiger partial charge < -0.3 is 15.6 Å². The van der Waals surface area contributed by atoms with Gasteiger partial charge in [0.2, 0.25) is 5.91 Å². The topological polar surface area (TPSA) is 74.0 Å². The molecule has 4 rings (SSSR count). The van der Waals surface area contributed by atoms with Crippen LogP contribution in [0.2, 0.25) is 5.02 Å². The first-order valence-corrected chi connectivity index (χ1v) is 11.3. The summed E-state index contributed by atoms with van der Waals surface area (Å²) in [5.41, 5.74) is 3.07. The van der Waals surface area contributed by atoms with Crippen LogP contribution in [0.4, 0.5) is 0 Å². The fraction of sp³-hybridized carbons (Fsp3) is 0.167. The number of carbonyl (C=O) groups excluding carboxylic acids is 2. The molecule has 0 radical (unpaired) electrons. The predicted molar refractivity (Wildman–Crippen MR) is 126 cm³/mol. The number of aromatic nitrogens is 1. The number of nitrogens with one attached hydrogen (secondary N) is 3. The molecule has 2 aromatic carbocycles. The summed E-state index contributed by atoms with van der Waals surface area (Å²) >= 11 is 7.28. The highest BCUT2D eigenvalue weighted by Gasteiger charge is 2.23. The molecule has 0 saturated heterocycles. The van der Waals surface area contributed by atoms with Crippen LogP contribution < -0.4 is 10.6 Å². The highest BCUT2D eigenvalue weighted by Crippen LogP contribution is 2.19. The van der Waals surface area contributed by atoms with Crippen LogP contribution in [-0.4, -0.2) is 29.4 Å². The lowest BCUT2D eigenvalue weighted by Crippen LogP contribution is -2.48. The van der Waals surface area contributed by atoms with E-state index in [1.807, 2.05) is 66.2 Å². The molecule has 0 spiro atoms. The Hall–Kier alpha value is -3.09. The van der Waals surface area contributed by atoms with Crippen molar-refractivity contribution in [3.8, 4) is 0 Å². The number of H-pyrrole nitrogens is 1. The summed E-state index contributed by atoms with van der Waals surface area (Å²) < 4.78 is 0. The van der Waals surface area contributed by atoms with Crippen molar-refractivity contribution in [3.63, 3.8) is 0 Å². The van der Waals surface area contributed by atoms with Gasteiger partial charge in [0, 0.05) is 35.1 Å². The van der Waals surface area contributed by atoms with Crippen molar-refractivity contribution >= 4 is 45.7 Å². The van der Waals surface area contributed by atoms with Crippen LogP contribution in [0.3, 0.4) is 0 Å². The molecule has 5 nitrogen and oxygen atoms in total. The van der Waals surface area contributed by atoms with E-state index >= 15 is 0 Å². The molecule has 0 bridgehead atoms.